The van der Waals surface area contributed by atoms with Crippen LogP contribution in [0.1, 0.15) is 54.4 Å². The number of carbonyl (C=O) groups is 1. The van der Waals surface area contributed by atoms with Crippen molar-refractivity contribution in [1.82, 2.24) is 4.90 Å². The molecule has 0 amide bonds. The first-order valence-corrected chi connectivity index (χ1v) is 7.51. The molecule has 0 aromatic heterocycles. The molecule has 19 heavy (non-hydrogen) atoms. The largest absolute Gasteiger partial charge is 0.481 e. The minimum Gasteiger partial charge on any atom is -0.481 e. The van der Waals surface area contributed by atoms with Crippen molar-refractivity contribution in [2.24, 2.45) is 22.7 Å². The van der Waals surface area contributed by atoms with Gasteiger partial charge in [-0.2, -0.15) is 0 Å². The number of rotatable bonds is 4. The molecule has 1 rings (SSSR count). The lowest BCUT2D eigenvalue weighted by Gasteiger charge is -2.41. The molecule has 1 fully saturated rings. The lowest BCUT2D eigenvalue weighted by Crippen LogP contribution is -2.46. The first kappa shape index (κ1) is 16.5. The molecule has 2 atom stereocenters. The molecular weight excluding hydrogens is 238 g/mol. The van der Waals surface area contributed by atoms with Gasteiger partial charge in [0.05, 0.1) is 5.41 Å². The van der Waals surface area contributed by atoms with Crippen LogP contribution in [0.5, 0.6) is 0 Å². The number of carboxylic acid groups (broad SMARTS) is 1. The Morgan fingerprint density at radius 2 is 1.89 bits per heavy atom. The highest BCUT2D eigenvalue weighted by Crippen LogP contribution is 2.35. The normalized spacial score (nSPS) is 24.2. The summed E-state index contributed by atoms with van der Waals surface area (Å²) in [5.74, 6) is 0.230. The van der Waals surface area contributed by atoms with Gasteiger partial charge in [0.25, 0.3) is 0 Å². The molecular formula is C16H31NO2. The SMILES string of the molecule is CC(CN1CCCC(C(C)(C)C(=O)O)C1)C(C)(C)C. The molecule has 2 unspecified atom stereocenters. The average molecular weight is 269 g/mol. The number of nitrogens with zero attached hydrogens (tertiary/aromatic N) is 1. The van der Waals surface area contributed by atoms with E-state index in [4.69, 9.17) is 0 Å². The molecule has 0 radical (unpaired) electrons. The molecule has 0 bridgehead atoms. The van der Waals surface area contributed by atoms with E-state index in [2.05, 4.69) is 32.6 Å². The molecule has 3 nitrogen and oxygen atoms in total. The Kier molecular flexibility index (Phi) is 5.05. The van der Waals surface area contributed by atoms with Crippen LogP contribution in [0.2, 0.25) is 0 Å². The van der Waals surface area contributed by atoms with Crippen molar-refractivity contribution in [3.05, 3.63) is 0 Å². The number of carboxylic acids is 1. The van der Waals surface area contributed by atoms with Crippen molar-refractivity contribution in [2.75, 3.05) is 19.6 Å². The molecule has 1 N–H and O–H groups in total. The van der Waals surface area contributed by atoms with Crippen LogP contribution in [0.4, 0.5) is 0 Å². The van der Waals surface area contributed by atoms with Gasteiger partial charge in [0.15, 0.2) is 0 Å². The van der Waals surface area contributed by atoms with E-state index in [1.165, 1.54) is 0 Å². The van der Waals surface area contributed by atoms with Crippen LogP contribution in [-0.2, 0) is 4.79 Å². The maximum Gasteiger partial charge on any atom is 0.309 e. The van der Waals surface area contributed by atoms with E-state index in [-0.39, 0.29) is 5.92 Å². The molecule has 0 spiro atoms. The predicted octanol–water partition coefficient (Wildman–Crippen LogP) is 3.49. The van der Waals surface area contributed by atoms with Crippen molar-refractivity contribution < 1.29 is 9.90 Å². The molecule has 0 aromatic rings. The van der Waals surface area contributed by atoms with E-state index in [9.17, 15) is 9.90 Å². The van der Waals surface area contributed by atoms with Crippen LogP contribution in [0.3, 0.4) is 0 Å². The second-order valence-electron chi connectivity index (χ2n) is 7.89. The summed E-state index contributed by atoms with van der Waals surface area (Å²) in [6, 6.07) is 0. The first-order valence-electron chi connectivity index (χ1n) is 7.51. The zero-order chi connectivity index (χ0) is 14.8. The van der Waals surface area contributed by atoms with E-state index in [0.29, 0.717) is 11.3 Å². The smallest absolute Gasteiger partial charge is 0.309 e. The topological polar surface area (TPSA) is 40.5 Å². The maximum atomic E-state index is 11.4. The third kappa shape index (κ3) is 4.20. The van der Waals surface area contributed by atoms with Crippen LogP contribution in [0.15, 0.2) is 0 Å². The fourth-order valence-corrected chi connectivity index (χ4v) is 2.65. The van der Waals surface area contributed by atoms with Gasteiger partial charge in [-0.05, 0) is 50.5 Å². The molecule has 1 aliphatic rings. The fourth-order valence-electron chi connectivity index (χ4n) is 2.65. The fraction of sp³-hybridized carbons (Fsp3) is 0.938. The molecule has 112 valence electrons. The van der Waals surface area contributed by atoms with Crippen molar-refractivity contribution in [1.29, 1.82) is 0 Å². The number of likely N-dealkylation sites (tertiary alicyclic amines) is 1. The summed E-state index contributed by atoms with van der Waals surface area (Å²) in [4.78, 5) is 13.9. The van der Waals surface area contributed by atoms with Crippen LogP contribution >= 0.6 is 0 Å². The van der Waals surface area contributed by atoms with Crippen LogP contribution in [-0.4, -0.2) is 35.6 Å². The minimum atomic E-state index is -0.664. The number of hydrogen-bond acceptors (Lipinski definition) is 2. The Morgan fingerprint density at radius 1 is 1.32 bits per heavy atom. The average Bonchev–Trinajstić information content (AvgIpc) is 2.27. The van der Waals surface area contributed by atoms with Crippen molar-refractivity contribution >= 4 is 5.97 Å². The minimum absolute atomic E-state index is 0.269. The highest BCUT2D eigenvalue weighted by Gasteiger charge is 2.39. The Hall–Kier alpha value is -0.570. The molecule has 0 aliphatic carbocycles. The quantitative estimate of drug-likeness (QED) is 0.849. The van der Waals surface area contributed by atoms with Gasteiger partial charge in [-0.25, -0.2) is 0 Å². The second kappa shape index (κ2) is 5.82. The van der Waals surface area contributed by atoms with Crippen LogP contribution < -0.4 is 0 Å². The third-order valence-corrected chi connectivity index (χ3v) is 5.09. The second-order valence-corrected chi connectivity index (χ2v) is 7.89. The van der Waals surface area contributed by atoms with E-state index in [1.807, 2.05) is 13.8 Å². The van der Waals surface area contributed by atoms with Crippen molar-refractivity contribution in [2.45, 2.75) is 54.4 Å². The number of aliphatic carboxylic acids is 1. The summed E-state index contributed by atoms with van der Waals surface area (Å²) >= 11 is 0. The molecule has 1 saturated heterocycles. The number of hydrogen-bond donors (Lipinski definition) is 1. The summed E-state index contributed by atoms with van der Waals surface area (Å²) in [5.41, 5.74) is -0.293. The van der Waals surface area contributed by atoms with Crippen LogP contribution in [0.25, 0.3) is 0 Å². The Bertz CT molecular complexity index is 317. The zero-order valence-corrected chi connectivity index (χ0v) is 13.5. The third-order valence-electron chi connectivity index (χ3n) is 5.09. The summed E-state index contributed by atoms with van der Waals surface area (Å²) in [7, 11) is 0. The Labute approximate surface area is 118 Å². The van der Waals surface area contributed by atoms with E-state index < -0.39 is 11.4 Å². The monoisotopic (exact) mass is 269 g/mol. The highest BCUT2D eigenvalue weighted by molar-refractivity contribution is 5.74. The van der Waals surface area contributed by atoms with Gasteiger partial charge in [-0.1, -0.05) is 27.7 Å². The molecule has 3 heteroatoms. The predicted molar refractivity (Wildman–Crippen MR) is 79.2 cm³/mol. The Balaban J connectivity index is 2.63. The van der Waals surface area contributed by atoms with E-state index in [0.717, 1.165) is 32.5 Å². The lowest BCUT2D eigenvalue weighted by atomic mass is 9.74. The number of piperidine rings is 1. The zero-order valence-electron chi connectivity index (χ0n) is 13.5. The van der Waals surface area contributed by atoms with E-state index >= 15 is 0 Å². The standard InChI is InChI=1S/C16H31NO2/c1-12(15(2,3)4)10-17-9-7-8-13(11-17)16(5,6)14(18)19/h12-13H,7-11H2,1-6H3,(H,18,19). The van der Waals surface area contributed by atoms with Gasteiger partial charge in [0, 0.05) is 13.1 Å². The van der Waals surface area contributed by atoms with Gasteiger partial charge < -0.3 is 10.0 Å². The maximum absolute atomic E-state index is 11.4. The van der Waals surface area contributed by atoms with Gasteiger partial charge in [0.1, 0.15) is 0 Å². The molecule has 1 aliphatic heterocycles. The Morgan fingerprint density at radius 3 is 2.37 bits per heavy atom. The summed E-state index contributed by atoms with van der Waals surface area (Å²) in [6.07, 6.45) is 2.16. The summed E-state index contributed by atoms with van der Waals surface area (Å²) in [6.45, 7) is 16.0. The molecule has 0 saturated carbocycles. The molecule has 1 heterocycles. The molecule has 0 aromatic carbocycles. The van der Waals surface area contributed by atoms with Crippen LogP contribution in [0, 0.1) is 22.7 Å². The van der Waals surface area contributed by atoms with Gasteiger partial charge in [-0.15, -0.1) is 0 Å². The van der Waals surface area contributed by atoms with Gasteiger partial charge in [0.2, 0.25) is 0 Å². The lowest BCUT2D eigenvalue weighted by molar-refractivity contribution is -0.151. The summed E-state index contributed by atoms with van der Waals surface area (Å²) in [5, 5.41) is 9.37. The van der Waals surface area contributed by atoms with Crippen molar-refractivity contribution in [3.8, 4) is 0 Å². The highest BCUT2D eigenvalue weighted by atomic mass is 16.4. The van der Waals surface area contributed by atoms with Gasteiger partial charge in [-0.3, -0.25) is 4.79 Å². The first-order chi connectivity index (χ1) is 8.55. The van der Waals surface area contributed by atoms with E-state index in [1.54, 1.807) is 0 Å². The summed E-state index contributed by atoms with van der Waals surface area (Å²) < 4.78 is 0. The van der Waals surface area contributed by atoms with Gasteiger partial charge >= 0.3 is 5.97 Å². The van der Waals surface area contributed by atoms with Crippen molar-refractivity contribution in [3.63, 3.8) is 0 Å².